The van der Waals surface area contributed by atoms with Crippen molar-refractivity contribution in [2.24, 2.45) is 0 Å². The molecule has 4 aromatic carbocycles. The monoisotopic (exact) mass is 701 g/mol. The molecule has 5 rings (SSSR count). The van der Waals surface area contributed by atoms with Crippen LogP contribution in [0.1, 0.15) is 55.7 Å². The number of anilines is 1. The summed E-state index contributed by atoms with van der Waals surface area (Å²) in [5.74, 6) is -0.456. The van der Waals surface area contributed by atoms with Crippen molar-refractivity contribution in [2.75, 3.05) is 17.5 Å². The van der Waals surface area contributed by atoms with Gasteiger partial charge < -0.3 is 15.0 Å². The molecule has 1 aliphatic carbocycles. The summed E-state index contributed by atoms with van der Waals surface area (Å²) in [6.07, 6.45) is 5.25. The summed E-state index contributed by atoms with van der Waals surface area (Å²) in [4.78, 5) is 30.7. The van der Waals surface area contributed by atoms with Crippen LogP contribution in [0.2, 0.25) is 5.02 Å². The molecule has 0 spiro atoms. The maximum atomic E-state index is 14.9. The topological polar surface area (TPSA) is 96.0 Å². The zero-order valence-corrected chi connectivity index (χ0v) is 29.6. The van der Waals surface area contributed by atoms with Crippen LogP contribution in [0.15, 0.2) is 108 Å². The van der Waals surface area contributed by atoms with E-state index in [4.69, 9.17) is 16.3 Å². The smallest absolute Gasteiger partial charge is 0.264 e. The van der Waals surface area contributed by atoms with Crippen molar-refractivity contribution in [2.45, 2.75) is 75.9 Å². The number of rotatable bonds is 14. The van der Waals surface area contributed by atoms with Crippen LogP contribution in [0.3, 0.4) is 0 Å². The van der Waals surface area contributed by atoms with E-state index < -0.39 is 28.5 Å². The lowest BCUT2D eigenvalue weighted by Gasteiger charge is -2.35. The van der Waals surface area contributed by atoms with Crippen LogP contribution < -0.4 is 14.4 Å². The standard InChI is InChI=1S/C39H44ClN3O5S/c1-3-48-37-21-13-12-20-35(37)43(49(46,47)34-24-22-32(40)23-25-34)28-38(44)42(27-31-17-11-10-14-29(31)2)36(26-30-15-6-4-7-16-30)39(45)41-33-18-8-5-9-19-33/h4,6-7,10-17,20-25,33,36H,3,5,8-9,18-19,26-28H2,1-2H3,(H,41,45)/t36-/m0/s1. The van der Waals surface area contributed by atoms with E-state index in [1.165, 1.54) is 24.3 Å². The Bertz CT molecular complexity index is 1810. The van der Waals surface area contributed by atoms with Crippen molar-refractivity contribution in [3.8, 4) is 5.75 Å². The van der Waals surface area contributed by atoms with Crippen molar-refractivity contribution in [1.82, 2.24) is 10.2 Å². The first-order valence-corrected chi connectivity index (χ1v) is 18.7. The first kappa shape index (κ1) is 36.0. The Kier molecular flexibility index (Phi) is 12.4. The number of benzene rings is 4. The molecule has 1 aliphatic rings. The number of halogens is 1. The van der Waals surface area contributed by atoms with Crippen molar-refractivity contribution in [3.63, 3.8) is 0 Å². The molecule has 1 N–H and O–H groups in total. The Labute approximate surface area is 295 Å². The highest BCUT2D eigenvalue weighted by atomic mass is 35.5. The van der Waals surface area contributed by atoms with Crippen LogP contribution in [0.5, 0.6) is 5.75 Å². The summed E-state index contributed by atoms with van der Waals surface area (Å²) < 4.78 is 35.7. The fourth-order valence-electron chi connectivity index (χ4n) is 6.26. The minimum atomic E-state index is -4.30. The van der Waals surface area contributed by atoms with Gasteiger partial charge in [0, 0.05) is 24.0 Å². The van der Waals surface area contributed by atoms with E-state index in [1.807, 2.05) is 68.4 Å². The molecule has 0 saturated heterocycles. The zero-order valence-electron chi connectivity index (χ0n) is 28.1. The molecule has 0 aliphatic heterocycles. The van der Waals surface area contributed by atoms with Gasteiger partial charge in [-0.2, -0.15) is 0 Å². The van der Waals surface area contributed by atoms with E-state index in [-0.39, 0.29) is 35.5 Å². The summed E-state index contributed by atoms with van der Waals surface area (Å²) in [5.41, 5.74) is 2.93. The SMILES string of the molecule is CCOc1ccccc1N(CC(=O)N(Cc1ccccc1C)[C@@H](Cc1ccccc1)C(=O)NC1CCCCC1)S(=O)(=O)c1ccc(Cl)cc1. The van der Waals surface area contributed by atoms with Gasteiger partial charge in [0.15, 0.2) is 0 Å². The average molecular weight is 702 g/mol. The van der Waals surface area contributed by atoms with Gasteiger partial charge in [-0.1, -0.05) is 97.6 Å². The number of aryl methyl sites for hydroxylation is 1. The second kappa shape index (κ2) is 16.9. The van der Waals surface area contributed by atoms with Gasteiger partial charge in [-0.3, -0.25) is 13.9 Å². The third kappa shape index (κ3) is 9.22. The quantitative estimate of drug-likeness (QED) is 0.149. The molecule has 1 fully saturated rings. The number of ether oxygens (including phenoxy) is 1. The predicted molar refractivity (Wildman–Crippen MR) is 194 cm³/mol. The van der Waals surface area contributed by atoms with E-state index in [9.17, 15) is 18.0 Å². The van der Waals surface area contributed by atoms with Crippen LogP contribution in [-0.2, 0) is 32.6 Å². The van der Waals surface area contributed by atoms with Crippen LogP contribution in [-0.4, -0.2) is 50.4 Å². The maximum Gasteiger partial charge on any atom is 0.264 e. The second-order valence-electron chi connectivity index (χ2n) is 12.4. The fraction of sp³-hybridized carbons (Fsp3) is 0.333. The molecule has 1 atom stereocenters. The first-order chi connectivity index (χ1) is 23.7. The molecule has 2 amide bonds. The Balaban J connectivity index is 1.60. The van der Waals surface area contributed by atoms with Crippen molar-refractivity contribution < 1.29 is 22.7 Å². The summed E-state index contributed by atoms with van der Waals surface area (Å²) in [5, 5.41) is 3.63. The van der Waals surface area contributed by atoms with Crippen LogP contribution in [0, 0.1) is 6.92 Å². The summed E-state index contributed by atoms with van der Waals surface area (Å²) >= 11 is 6.11. The van der Waals surface area contributed by atoms with E-state index in [2.05, 4.69) is 5.32 Å². The first-order valence-electron chi connectivity index (χ1n) is 16.9. The summed E-state index contributed by atoms with van der Waals surface area (Å²) in [6.45, 7) is 3.61. The number of nitrogens with zero attached hydrogens (tertiary/aromatic N) is 2. The molecule has 0 heterocycles. The molecule has 0 radical (unpaired) electrons. The second-order valence-corrected chi connectivity index (χ2v) is 14.7. The van der Waals surface area contributed by atoms with Crippen molar-refractivity contribution >= 4 is 39.1 Å². The molecule has 4 aromatic rings. The lowest BCUT2D eigenvalue weighted by molar-refractivity contribution is -0.140. The number of nitrogens with one attached hydrogen (secondary N) is 1. The van der Waals surface area contributed by atoms with Crippen LogP contribution >= 0.6 is 11.6 Å². The third-order valence-corrected chi connectivity index (χ3v) is 11.0. The molecule has 0 unspecified atom stereocenters. The Morgan fingerprint density at radius 3 is 2.22 bits per heavy atom. The molecule has 10 heteroatoms. The van der Waals surface area contributed by atoms with Crippen molar-refractivity contribution in [1.29, 1.82) is 0 Å². The molecule has 1 saturated carbocycles. The van der Waals surface area contributed by atoms with E-state index >= 15 is 0 Å². The molecule has 258 valence electrons. The Morgan fingerprint density at radius 1 is 0.878 bits per heavy atom. The lowest BCUT2D eigenvalue weighted by Crippen LogP contribution is -2.55. The van der Waals surface area contributed by atoms with E-state index in [1.54, 1.807) is 29.2 Å². The Hall–Kier alpha value is -4.34. The average Bonchev–Trinajstić information content (AvgIpc) is 3.11. The minimum absolute atomic E-state index is 0.0230. The molecule has 49 heavy (non-hydrogen) atoms. The number of sulfonamides is 1. The minimum Gasteiger partial charge on any atom is -0.492 e. The van der Waals surface area contributed by atoms with Gasteiger partial charge >= 0.3 is 0 Å². The van der Waals surface area contributed by atoms with Gasteiger partial charge in [-0.15, -0.1) is 0 Å². The molecule has 0 aromatic heterocycles. The molecule has 0 bridgehead atoms. The van der Waals surface area contributed by atoms with Gasteiger partial charge in [0.2, 0.25) is 11.8 Å². The number of amides is 2. The number of para-hydroxylation sites is 2. The summed E-state index contributed by atoms with van der Waals surface area (Å²) in [6, 6.07) is 29.0. The summed E-state index contributed by atoms with van der Waals surface area (Å²) in [7, 11) is -4.30. The van der Waals surface area contributed by atoms with Gasteiger partial charge in [0.25, 0.3) is 10.0 Å². The van der Waals surface area contributed by atoms with Gasteiger partial charge in [-0.05, 0) is 79.8 Å². The van der Waals surface area contributed by atoms with E-state index in [0.717, 1.165) is 53.1 Å². The highest BCUT2D eigenvalue weighted by Crippen LogP contribution is 2.33. The van der Waals surface area contributed by atoms with Gasteiger partial charge in [0.05, 0.1) is 17.2 Å². The number of hydrogen-bond acceptors (Lipinski definition) is 5. The maximum absolute atomic E-state index is 14.9. The third-order valence-electron chi connectivity index (χ3n) is 8.94. The Morgan fingerprint density at radius 2 is 1.53 bits per heavy atom. The van der Waals surface area contributed by atoms with Crippen LogP contribution in [0.25, 0.3) is 0 Å². The van der Waals surface area contributed by atoms with Gasteiger partial charge in [0.1, 0.15) is 18.3 Å². The highest BCUT2D eigenvalue weighted by molar-refractivity contribution is 7.92. The van der Waals surface area contributed by atoms with Crippen LogP contribution in [0.4, 0.5) is 5.69 Å². The highest BCUT2D eigenvalue weighted by Gasteiger charge is 2.36. The molecular weight excluding hydrogens is 658 g/mol. The van der Waals surface area contributed by atoms with Gasteiger partial charge in [-0.25, -0.2) is 8.42 Å². The van der Waals surface area contributed by atoms with E-state index in [0.29, 0.717) is 17.4 Å². The number of carbonyl (C=O) groups is 2. The number of hydrogen-bond donors (Lipinski definition) is 1. The zero-order chi connectivity index (χ0) is 34.8. The van der Waals surface area contributed by atoms with Crippen molar-refractivity contribution in [3.05, 3.63) is 125 Å². The predicted octanol–water partition coefficient (Wildman–Crippen LogP) is 7.33. The number of carbonyl (C=O) groups excluding carboxylic acids is 2. The normalized spacial score (nSPS) is 14.1. The fourth-order valence-corrected chi connectivity index (χ4v) is 7.81. The lowest BCUT2D eigenvalue weighted by atomic mass is 9.94. The molecular formula is C39H44ClN3O5S. The molecule has 8 nitrogen and oxygen atoms in total. The largest absolute Gasteiger partial charge is 0.492 e.